The average molecular weight is 2160 g/mol. The van der Waals surface area contributed by atoms with Crippen molar-refractivity contribution in [1.29, 1.82) is 15.9 Å². The van der Waals surface area contributed by atoms with Gasteiger partial charge in [0, 0.05) is 35.9 Å². The molecule has 0 aromatic carbocycles. The van der Waals surface area contributed by atoms with Crippen LogP contribution >= 0.6 is 128 Å². The SMILES string of the molecule is Cc1nc(Cl)c(C#N)cc1F.Cc1nc2c(cc1F)C(I)=NC2.Cc1nc2c(cc1F)C(N)=NC2.Cc1nc2c(cc1F)c(C#N)nn2Cc1ncccc1F.Cc1nc2c(cc1F)c(C(=N)N)nn2Cc1ncccc1F.Cc1nc2c(cc1F)c(I)nn2Cc1ncccc1F.Fc1cccnc1CCl.[I][V]([I])[I]. The maximum atomic E-state index is 13.7. The van der Waals surface area contributed by atoms with Crippen molar-refractivity contribution < 1.29 is 48.8 Å². The van der Waals surface area contributed by atoms with Gasteiger partial charge in [-0.2, -0.15) is 25.8 Å². The average Bonchev–Trinajstić information content (AvgIpc) is 1.64. The molecule has 572 valence electrons. The van der Waals surface area contributed by atoms with E-state index in [2.05, 4.69) is 158 Å². The summed E-state index contributed by atoms with van der Waals surface area (Å²) in [4.78, 5) is 47.6. The monoisotopic (exact) mass is 2160 g/mol. The van der Waals surface area contributed by atoms with Crippen LogP contribution in [0.1, 0.15) is 96.4 Å². The molecule has 0 amide bonds. The minimum absolute atomic E-state index is 0.00846. The molecule has 15 rings (SSSR count). The third-order valence-corrected chi connectivity index (χ3v) is 17.4. The summed E-state index contributed by atoms with van der Waals surface area (Å²) in [5.41, 5.74) is 18.2. The summed E-state index contributed by atoms with van der Waals surface area (Å²) in [6.45, 7) is 10.6. The van der Waals surface area contributed by atoms with Crippen LogP contribution in [-0.4, -0.2) is 94.6 Å². The van der Waals surface area contributed by atoms with Gasteiger partial charge < -0.3 is 11.5 Å². The Labute approximate surface area is 700 Å². The zero-order valence-electron chi connectivity index (χ0n) is 58.1. The second-order valence-corrected chi connectivity index (χ2v) is 60.8. The number of nitrogens with two attached hydrogens (primary N) is 2. The van der Waals surface area contributed by atoms with Crippen molar-refractivity contribution in [3.8, 4) is 12.1 Å². The molecule has 0 atom stereocenters. The number of nitrogens with zero attached hydrogens (tertiary/aromatic N) is 20. The van der Waals surface area contributed by atoms with Gasteiger partial charge in [0.2, 0.25) is 0 Å². The predicted molar refractivity (Wildman–Crippen MR) is 436 cm³/mol. The zero-order valence-corrected chi connectivity index (χ0v) is 71.8. The standard InChI is InChI=1S/C14H12F2N6.C14H9F2N5.C13H9F2IN4.C8H6FIN2.C8H8FN3.C7H4ClFN2.C6H5ClFN.3HI.V/c1-7-10(16)5-8-12(13(17)18)21-22(14(8)20-7)6-11-9(15)3-2-4-19-11;1-8-11(16)5-9-12(6-17)20-21(14(9)19-8)7-13-10(15)3-2-4-18-13;1-7-10(15)5-8-12(16)19-20(13(8)18-7)6-11-9(14)3-2-4-17-11;2*1-4-6(9)2-5-7(12-4)3-11-8(5)10;1-4-6(9)2-5(3-10)7(8)11-4;7-4-6-5(8)2-1-3-9-6;;;;/h2-5H,6H2,1H3,(H3,17,18);2-5H,7H2,1H3;2-5H,6H2,1H3;2H,3H2,1H3;2H,3H2,1H3,(H2,10,11);2H,1H3;1-3H,4H2;3*1H;/q;;;;;;;;;;+3/p-3. The Bertz CT molecular complexity index is 5710. The van der Waals surface area contributed by atoms with Crippen LogP contribution in [0.3, 0.4) is 0 Å². The second-order valence-electron chi connectivity index (χ2n) is 22.7. The molecular weight excluding hydrogens is 2110 g/mol. The molecule has 0 fully saturated rings. The van der Waals surface area contributed by atoms with E-state index in [0.717, 1.165) is 26.7 Å². The molecular formula is C70H53Cl2F10I5N23V. The number of hydrogen-bond donors (Lipinski definition) is 3. The number of alkyl halides is 1. The van der Waals surface area contributed by atoms with Crippen molar-refractivity contribution in [3.05, 3.63) is 273 Å². The van der Waals surface area contributed by atoms with Crippen LogP contribution < -0.4 is 11.5 Å². The summed E-state index contributed by atoms with van der Waals surface area (Å²) in [5, 5.41) is 38.7. The van der Waals surface area contributed by atoms with E-state index in [1.807, 2.05) is 28.7 Å². The molecule has 2 aliphatic rings. The van der Waals surface area contributed by atoms with Gasteiger partial charge in [0.1, 0.15) is 100 Å². The molecule has 15 heterocycles. The van der Waals surface area contributed by atoms with Crippen LogP contribution in [0, 0.1) is 131 Å². The van der Waals surface area contributed by atoms with E-state index >= 15 is 0 Å². The van der Waals surface area contributed by atoms with E-state index in [4.69, 9.17) is 50.6 Å². The molecule has 23 nitrogen and oxygen atoms in total. The van der Waals surface area contributed by atoms with Crippen molar-refractivity contribution in [1.82, 2.24) is 79.2 Å². The first-order valence-corrected chi connectivity index (χ1v) is 48.1. The van der Waals surface area contributed by atoms with E-state index < -0.39 is 34.9 Å². The third-order valence-electron chi connectivity index (χ3n) is 15.2. The van der Waals surface area contributed by atoms with Crippen LogP contribution in [0.2, 0.25) is 5.15 Å². The molecule has 0 unspecified atom stereocenters. The van der Waals surface area contributed by atoms with E-state index in [9.17, 15) is 43.9 Å². The molecule has 111 heavy (non-hydrogen) atoms. The number of pyridine rings is 10. The van der Waals surface area contributed by atoms with Crippen LogP contribution in [0.15, 0.2) is 120 Å². The molecule has 13 aromatic rings. The van der Waals surface area contributed by atoms with Gasteiger partial charge in [-0.05, 0) is 172 Å². The van der Waals surface area contributed by atoms with Gasteiger partial charge in [0.15, 0.2) is 22.6 Å². The Kier molecular flexibility index (Phi) is 32.5. The Morgan fingerprint density at radius 2 is 0.865 bits per heavy atom. The number of nitrogen functional groups attached to an aromatic ring is 1. The molecule has 0 bridgehead atoms. The van der Waals surface area contributed by atoms with E-state index in [1.54, 1.807) is 26.8 Å². The van der Waals surface area contributed by atoms with Gasteiger partial charge in [-0.1, -0.05) is 11.6 Å². The summed E-state index contributed by atoms with van der Waals surface area (Å²) in [6.07, 6.45) is 5.97. The number of fused-ring (bicyclic) bond motifs is 5. The van der Waals surface area contributed by atoms with Crippen molar-refractivity contribution in [2.75, 3.05) is 0 Å². The Hall–Kier alpha value is -8.39. The predicted octanol–water partition coefficient (Wildman–Crippen LogP) is 16.8. The van der Waals surface area contributed by atoms with E-state index in [-0.39, 0.29) is 122 Å². The summed E-state index contributed by atoms with van der Waals surface area (Å²) in [5.74, 6) is -3.97. The Morgan fingerprint density at radius 3 is 1.31 bits per heavy atom. The molecule has 2 aliphatic heterocycles. The summed E-state index contributed by atoms with van der Waals surface area (Å²) < 4.78 is 139. The molecule has 13 aromatic heterocycles. The van der Waals surface area contributed by atoms with Gasteiger partial charge >= 0.3 is 64.9 Å². The number of amidine groups is 2. The number of aliphatic imine (C=N–C) groups is 2. The molecule has 41 heteroatoms. The van der Waals surface area contributed by atoms with Gasteiger partial charge in [-0.25, -0.2) is 77.9 Å². The second kappa shape index (κ2) is 40.9. The summed E-state index contributed by atoms with van der Waals surface area (Å²) >= 11 is 22.3. The number of aromatic nitrogens is 16. The summed E-state index contributed by atoms with van der Waals surface area (Å²) in [7, 11) is 0. The van der Waals surface area contributed by atoms with Gasteiger partial charge in [-0.15, -0.1) is 11.6 Å². The van der Waals surface area contributed by atoms with Gasteiger partial charge in [0.25, 0.3) is 0 Å². The van der Waals surface area contributed by atoms with E-state index in [0.29, 0.717) is 78.4 Å². The van der Waals surface area contributed by atoms with Crippen molar-refractivity contribution >= 4 is 177 Å². The van der Waals surface area contributed by atoms with E-state index in [1.165, 1.54) is 138 Å². The molecule has 0 saturated heterocycles. The topological polar surface area (TPSA) is 331 Å². The Morgan fingerprint density at radius 1 is 0.495 bits per heavy atom. The number of nitriles is 2. The van der Waals surface area contributed by atoms with Crippen LogP contribution in [0.5, 0.6) is 0 Å². The summed E-state index contributed by atoms with van der Waals surface area (Å²) in [6, 6.07) is 22.7. The van der Waals surface area contributed by atoms with Crippen molar-refractivity contribution in [2.24, 2.45) is 21.5 Å². The maximum absolute atomic E-state index is 13.7. The molecule has 0 saturated carbocycles. The number of nitrogens with one attached hydrogen (secondary N) is 1. The van der Waals surface area contributed by atoms with Crippen molar-refractivity contribution in [3.63, 3.8) is 0 Å². The third kappa shape index (κ3) is 23.4. The fourth-order valence-corrected chi connectivity index (χ4v) is 11.3. The molecule has 0 radical (unpaired) electrons. The molecule has 0 aliphatic carbocycles. The van der Waals surface area contributed by atoms with Gasteiger partial charge in [0.05, 0.1) is 129 Å². The molecule has 0 spiro atoms. The van der Waals surface area contributed by atoms with Crippen LogP contribution in [0.25, 0.3) is 33.1 Å². The Balaban J connectivity index is 0.000000165. The zero-order chi connectivity index (χ0) is 81.2. The fraction of sp³-hybridized carbons (Fsp3) is 0.171. The number of rotatable bonds is 8. The number of halogens is 17. The quantitative estimate of drug-likeness (QED) is 0.0318. The first-order valence-electron chi connectivity index (χ1n) is 31.5. The van der Waals surface area contributed by atoms with Crippen LogP contribution in [-0.2, 0) is 43.5 Å². The molecule has 5 N–H and O–H groups in total. The van der Waals surface area contributed by atoms with Crippen molar-refractivity contribution in [2.45, 2.75) is 80.1 Å². The number of hydrogen-bond acceptors (Lipinski definition) is 19. The first kappa shape index (κ1) is 88.2. The first-order chi connectivity index (χ1) is 52.7. The van der Waals surface area contributed by atoms with Gasteiger partial charge in [-0.3, -0.25) is 45.3 Å². The fourth-order valence-electron chi connectivity index (χ4n) is 9.61. The van der Waals surface area contributed by atoms with Crippen LogP contribution in [0.4, 0.5) is 43.9 Å². The normalized spacial score (nSPS) is 11.4. The minimum atomic E-state index is -0.515. The number of aryl methyl sites for hydroxylation is 6.